The van der Waals surface area contributed by atoms with E-state index in [2.05, 4.69) is 29.7 Å². The van der Waals surface area contributed by atoms with Gasteiger partial charge in [0.1, 0.15) is 0 Å². The molecule has 28 heavy (non-hydrogen) atoms. The molecule has 0 saturated carbocycles. The largest absolute Gasteiger partial charge is 0.348 e. The Morgan fingerprint density at radius 3 is 2.11 bits per heavy atom. The van der Waals surface area contributed by atoms with Crippen LogP contribution in [-0.4, -0.2) is 36.9 Å². The molecule has 5 nitrogen and oxygen atoms in total. The molecule has 0 aliphatic heterocycles. The van der Waals surface area contributed by atoms with Gasteiger partial charge in [-0.25, -0.2) is 0 Å². The van der Waals surface area contributed by atoms with Crippen LogP contribution in [0.2, 0.25) is 0 Å². The zero-order valence-corrected chi connectivity index (χ0v) is 17.5. The number of carbonyl (C=O) groups is 2. The summed E-state index contributed by atoms with van der Waals surface area (Å²) in [4.78, 5) is 26.4. The van der Waals surface area contributed by atoms with Crippen LogP contribution in [-0.2, 0) is 16.0 Å². The fraction of sp³-hybridized carbons (Fsp3) is 0.391. The van der Waals surface area contributed by atoms with Crippen molar-refractivity contribution >= 4 is 17.5 Å². The number of nitrogens with one attached hydrogen (secondary N) is 2. The topological polar surface area (TPSA) is 61.4 Å². The molecule has 2 aromatic carbocycles. The van der Waals surface area contributed by atoms with Crippen molar-refractivity contribution in [2.24, 2.45) is 0 Å². The molecule has 0 heterocycles. The van der Waals surface area contributed by atoms with Gasteiger partial charge >= 0.3 is 0 Å². The highest BCUT2D eigenvalue weighted by atomic mass is 16.2. The summed E-state index contributed by atoms with van der Waals surface area (Å²) in [6.45, 7) is 8.33. The summed E-state index contributed by atoms with van der Waals surface area (Å²) in [5, 5.41) is 5.94. The maximum absolute atomic E-state index is 12.3. The van der Waals surface area contributed by atoms with Crippen molar-refractivity contribution in [3.8, 4) is 0 Å². The van der Waals surface area contributed by atoms with Gasteiger partial charge in [0, 0.05) is 5.69 Å². The quantitative estimate of drug-likeness (QED) is 0.734. The second kappa shape index (κ2) is 10.0. The SMILES string of the molecule is CCc1ccc(C(C)NC(=O)CN(C)CC(=O)Nc2c(C)cccc2C)cc1. The number of aryl methyl sites for hydroxylation is 3. The van der Waals surface area contributed by atoms with Crippen molar-refractivity contribution in [1.29, 1.82) is 0 Å². The van der Waals surface area contributed by atoms with Gasteiger partial charge in [0.15, 0.2) is 0 Å². The number of hydrogen-bond donors (Lipinski definition) is 2. The molecule has 0 bridgehead atoms. The molecule has 2 aromatic rings. The van der Waals surface area contributed by atoms with Gasteiger partial charge in [-0.3, -0.25) is 14.5 Å². The van der Waals surface area contributed by atoms with E-state index < -0.39 is 0 Å². The van der Waals surface area contributed by atoms with Crippen LogP contribution in [0.25, 0.3) is 0 Å². The van der Waals surface area contributed by atoms with Gasteiger partial charge in [0.25, 0.3) is 0 Å². The molecule has 1 atom stereocenters. The summed E-state index contributed by atoms with van der Waals surface area (Å²) in [7, 11) is 1.77. The summed E-state index contributed by atoms with van der Waals surface area (Å²) in [5.74, 6) is -0.231. The summed E-state index contributed by atoms with van der Waals surface area (Å²) < 4.78 is 0. The number of rotatable bonds is 8. The summed E-state index contributed by atoms with van der Waals surface area (Å²) in [5.41, 5.74) is 5.24. The fourth-order valence-electron chi connectivity index (χ4n) is 3.15. The predicted octanol–water partition coefficient (Wildman–Crippen LogP) is 3.61. The number of carbonyl (C=O) groups excluding carboxylic acids is 2. The predicted molar refractivity (Wildman–Crippen MR) is 114 cm³/mol. The van der Waals surface area contributed by atoms with Gasteiger partial charge in [-0.05, 0) is 56.5 Å². The van der Waals surface area contributed by atoms with Crippen molar-refractivity contribution in [2.45, 2.75) is 40.2 Å². The first kappa shape index (κ1) is 21.6. The average molecular weight is 382 g/mol. The Labute approximate surface area is 168 Å². The van der Waals surface area contributed by atoms with E-state index in [0.717, 1.165) is 28.8 Å². The summed E-state index contributed by atoms with van der Waals surface area (Å²) in [6.07, 6.45) is 0.996. The van der Waals surface area contributed by atoms with Gasteiger partial charge < -0.3 is 10.6 Å². The fourth-order valence-corrected chi connectivity index (χ4v) is 3.15. The van der Waals surface area contributed by atoms with Crippen LogP contribution >= 0.6 is 0 Å². The van der Waals surface area contributed by atoms with Crippen LogP contribution in [0.3, 0.4) is 0 Å². The molecule has 2 N–H and O–H groups in total. The standard InChI is InChI=1S/C23H31N3O2/c1-6-19-10-12-20(13-11-19)18(4)24-21(27)14-26(5)15-22(28)25-23-16(2)8-7-9-17(23)3/h7-13,18H,6,14-15H2,1-5H3,(H,24,27)(H,25,28). The van der Waals surface area contributed by atoms with Crippen molar-refractivity contribution in [3.63, 3.8) is 0 Å². The van der Waals surface area contributed by atoms with Gasteiger partial charge in [0.05, 0.1) is 19.1 Å². The van der Waals surface area contributed by atoms with Crippen molar-refractivity contribution in [2.75, 3.05) is 25.5 Å². The Morgan fingerprint density at radius 2 is 1.54 bits per heavy atom. The van der Waals surface area contributed by atoms with Crippen molar-refractivity contribution in [1.82, 2.24) is 10.2 Å². The first-order valence-corrected chi connectivity index (χ1v) is 9.73. The van der Waals surface area contributed by atoms with Crippen LogP contribution in [0, 0.1) is 13.8 Å². The van der Waals surface area contributed by atoms with Crippen LogP contribution in [0.1, 0.15) is 42.1 Å². The highest BCUT2D eigenvalue weighted by molar-refractivity contribution is 5.94. The lowest BCUT2D eigenvalue weighted by Crippen LogP contribution is -2.39. The van der Waals surface area contributed by atoms with E-state index >= 15 is 0 Å². The van der Waals surface area contributed by atoms with E-state index in [1.54, 1.807) is 11.9 Å². The number of anilines is 1. The second-order valence-corrected chi connectivity index (χ2v) is 7.37. The lowest BCUT2D eigenvalue weighted by Gasteiger charge is -2.20. The maximum Gasteiger partial charge on any atom is 0.238 e. The number of amides is 2. The van der Waals surface area contributed by atoms with Crippen molar-refractivity contribution < 1.29 is 9.59 Å². The van der Waals surface area contributed by atoms with Crippen LogP contribution in [0.5, 0.6) is 0 Å². The molecular weight excluding hydrogens is 350 g/mol. The Morgan fingerprint density at radius 1 is 0.964 bits per heavy atom. The zero-order valence-electron chi connectivity index (χ0n) is 17.5. The average Bonchev–Trinajstić information content (AvgIpc) is 2.64. The maximum atomic E-state index is 12.3. The number of para-hydroxylation sites is 1. The molecule has 0 fully saturated rings. The molecule has 5 heteroatoms. The van der Waals surface area contributed by atoms with E-state index in [9.17, 15) is 9.59 Å². The Balaban J connectivity index is 1.83. The van der Waals surface area contributed by atoms with Gasteiger partial charge in [-0.15, -0.1) is 0 Å². The number of nitrogens with zero attached hydrogens (tertiary/aromatic N) is 1. The van der Waals surface area contributed by atoms with E-state index in [-0.39, 0.29) is 30.9 Å². The molecule has 0 aromatic heterocycles. The number of hydrogen-bond acceptors (Lipinski definition) is 3. The Kier molecular flexibility index (Phi) is 7.76. The monoisotopic (exact) mass is 381 g/mol. The van der Waals surface area contributed by atoms with E-state index in [0.29, 0.717) is 0 Å². The third-order valence-electron chi connectivity index (χ3n) is 4.84. The Hall–Kier alpha value is -2.66. The van der Waals surface area contributed by atoms with E-state index in [1.165, 1.54) is 5.56 Å². The first-order chi connectivity index (χ1) is 13.3. The van der Waals surface area contributed by atoms with Gasteiger partial charge in [-0.2, -0.15) is 0 Å². The molecular formula is C23H31N3O2. The van der Waals surface area contributed by atoms with Crippen LogP contribution < -0.4 is 10.6 Å². The van der Waals surface area contributed by atoms with E-state index in [4.69, 9.17) is 0 Å². The highest BCUT2D eigenvalue weighted by Gasteiger charge is 2.15. The zero-order chi connectivity index (χ0) is 20.7. The molecule has 1 unspecified atom stereocenters. The lowest BCUT2D eigenvalue weighted by molar-refractivity contribution is -0.123. The first-order valence-electron chi connectivity index (χ1n) is 9.73. The molecule has 2 amide bonds. The molecule has 0 spiro atoms. The molecule has 0 saturated heterocycles. The smallest absolute Gasteiger partial charge is 0.238 e. The minimum absolute atomic E-state index is 0.0738. The number of likely N-dealkylation sites (N-methyl/N-ethyl adjacent to an activating group) is 1. The Bertz CT molecular complexity index is 795. The minimum atomic E-state index is -0.129. The van der Waals surface area contributed by atoms with Crippen LogP contribution in [0.4, 0.5) is 5.69 Å². The molecule has 0 aliphatic rings. The molecule has 0 aliphatic carbocycles. The van der Waals surface area contributed by atoms with Crippen molar-refractivity contribution in [3.05, 3.63) is 64.7 Å². The molecule has 0 radical (unpaired) electrons. The normalized spacial score (nSPS) is 11.9. The minimum Gasteiger partial charge on any atom is -0.348 e. The van der Waals surface area contributed by atoms with E-state index in [1.807, 2.05) is 51.1 Å². The third kappa shape index (κ3) is 6.20. The molecule has 2 rings (SSSR count). The van der Waals surface area contributed by atoms with Crippen LogP contribution in [0.15, 0.2) is 42.5 Å². The highest BCUT2D eigenvalue weighted by Crippen LogP contribution is 2.19. The second-order valence-electron chi connectivity index (χ2n) is 7.37. The summed E-state index contributed by atoms with van der Waals surface area (Å²) in [6, 6.07) is 14.1. The summed E-state index contributed by atoms with van der Waals surface area (Å²) >= 11 is 0. The third-order valence-corrected chi connectivity index (χ3v) is 4.84. The van der Waals surface area contributed by atoms with Gasteiger partial charge in [-0.1, -0.05) is 49.4 Å². The number of benzene rings is 2. The lowest BCUT2D eigenvalue weighted by atomic mass is 10.1. The van der Waals surface area contributed by atoms with Gasteiger partial charge in [0.2, 0.25) is 11.8 Å². The molecule has 150 valence electrons.